The maximum absolute atomic E-state index is 13.1. The van der Waals surface area contributed by atoms with Crippen molar-refractivity contribution < 1.29 is 19.3 Å². The molecule has 1 aliphatic rings. The minimum absolute atomic E-state index is 0.0255. The van der Waals surface area contributed by atoms with Crippen LogP contribution in [0.3, 0.4) is 0 Å². The number of ether oxygens (including phenoxy) is 1. The first kappa shape index (κ1) is 13.3. The van der Waals surface area contributed by atoms with Crippen molar-refractivity contribution in [3.8, 4) is 5.75 Å². The zero-order valence-electron chi connectivity index (χ0n) is 10.2. The molecule has 0 amide bonds. The first-order chi connectivity index (χ1) is 8.63. The molecule has 3 N–H and O–H groups in total. The molecule has 1 aromatic carbocycles. The summed E-state index contributed by atoms with van der Waals surface area (Å²) >= 11 is 0. The first-order valence-electron chi connectivity index (χ1n) is 6.06. The summed E-state index contributed by atoms with van der Waals surface area (Å²) in [6.07, 6.45) is 1.45. The lowest BCUT2D eigenvalue weighted by Gasteiger charge is -2.36. The summed E-state index contributed by atoms with van der Waals surface area (Å²) in [5.41, 5.74) is 0.298. The van der Waals surface area contributed by atoms with Crippen LogP contribution in [-0.2, 0) is 11.3 Å². The van der Waals surface area contributed by atoms with Crippen LogP contribution in [0.25, 0.3) is 0 Å². The molecule has 1 fully saturated rings. The van der Waals surface area contributed by atoms with E-state index < -0.39 is 5.82 Å². The lowest BCUT2D eigenvalue weighted by Crippen LogP contribution is -2.51. The van der Waals surface area contributed by atoms with Crippen LogP contribution in [0.4, 0.5) is 4.39 Å². The molecule has 0 bridgehead atoms. The van der Waals surface area contributed by atoms with E-state index in [-0.39, 0.29) is 17.9 Å². The molecular formula is C13H18FNO3. The molecule has 0 aromatic heterocycles. The summed E-state index contributed by atoms with van der Waals surface area (Å²) in [5.74, 6) is -0.548. The van der Waals surface area contributed by atoms with Gasteiger partial charge in [-0.15, -0.1) is 0 Å². The van der Waals surface area contributed by atoms with Crippen LogP contribution in [0.1, 0.15) is 18.4 Å². The van der Waals surface area contributed by atoms with Crippen molar-refractivity contribution in [2.24, 2.45) is 0 Å². The van der Waals surface area contributed by atoms with Gasteiger partial charge in [0.2, 0.25) is 0 Å². The van der Waals surface area contributed by atoms with Gasteiger partial charge in [-0.1, -0.05) is 0 Å². The van der Waals surface area contributed by atoms with Gasteiger partial charge in [0.15, 0.2) is 0 Å². The van der Waals surface area contributed by atoms with Gasteiger partial charge >= 0.3 is 0 Å². The minimum atomic E-state index is -0.461. The highest BCUT2D eigenvalue weighted by Gasteiger charge is 2.31. The van der Waals surface area contributed by atoms with Gasteiger partial charge in [-0.2, -0.15) is 0 Å². The topological polar surface area (TPSA) is 61.7 Å². The molecule has 100 valence electrons. The molecule has 1 saturated heterocycles. The van der Waals surface area contributed by atoms with Crippen molar-refractivity contribution in [1.82, 2.24) is 5.32 Å². The predicted octanol–water partition coefficient (Wildman–Crippen LogP) is 1.16. The largest absolute Gasteiger partial charge is 0.508 e. The molecule has 1 aromatic rings. The Morgan fingerprint density at radius 3 is 2.61 bits per heavy atom. The van der Waals surface area contributed by atoms with Crippen molar-refractivity contribution in [2.75, 3.05) is 19.8 Å². The highest BCUT2D eigenvalue weighted by atomic mass is 19.1. The zero-order valence-corrected chi connectivity index (χ0v) is 10.2. The zero-order chi connectivity index (χ0) is 13.0. The quantitative estimate of drug-likeness (QED) is 0.755. The number of rotatable bonds is 4. The van der Waals surface area contributed by atoms with E-state index in [1.165, 1.54) is 12.1 Å². The summed E-state index contributed by atoms with van der Waals surface area (Å²) in [6.45, 7) is 1.66. The second-order valence-corrected chi connectivity index (χ2v) is 4.72. The highest BCUT2D eigenvalue weighted by molar-refractivity contribution is 5.28. The maximum Gasteiger partial charge on any atom is 0.127 e. The van der Waals surface area contributed by atoms with Gasteiger partial charge in [0.1, 0.15) is 11.6 Å². The number of nitrogens with one attached hydrogen (secondary N) is 1. The number of aliphatic hydroxyl groups excluding tert-OH is 1. The smallest absolute Gasteiger partial charge is 0.127 e. The van der Waals surface area contributed by atoms with Crippen molar-refractivity contribution in [1.29, 1.82) is 0 Å². The van der Waals surface area contributed by atoms with Gasteiger partial charge < -0.3 is 20.3 Å². The Morgan fingerprint density at radius 2 is 2.00 bits per heavy atom. The normalized spacial score (nSPS) is 18.8. The number of hydrogen-bond donors (Lipinski definition) is 3. The lowest BCUT2D eigenvalue weighted by molar-refractivity contribution is 0.0111. The highest BCUT2D eigenvalue weighted by Crippen LogP contribution is 2.21. The van der Waals surface area contributed by atoms with E-state index in [1.807, 2.05) is 0 Å². The third kappa shape index (κ3) is 3.19. The van der Waals surface area contributed by atoms with Crippen LogP contribution in [0.2, 0.25) is 0 Å². The van der Waals surface area contributed by atoms with Gasteiger partial charge in [0.25, 0.3) is 0 Å². The Balaban J connectivity index is 2.00. The molecule has 18 heavy (non-hydrogen) atoms. The fraction of sp³-hybridized carbons (Fsp3) is 0.538. The van der Waals surface area contributed by atoms with Crippen LogP contribution < -0.4 is 5.32 Å². The third-order valence-corrected chi connectivity index (χ3v) is 3.36. The molecule has 4 nitrogen and oxygen atoms in total. The number of aromatic hydroxyl groups is 1. The number of phenols is 1. The molecule has 5 heteroatoms. The van der Waals surface area contributed by atoms with Crippen molar-refractivity contribution in [3.05, 3.63) is 29.6 Å². The Labute approximate surface area is 105 Å². The summed E-state index contributed by atoms with van der Waals surface area (Å²) in [6, 6.07) is 3.96. The summed E-state index contributed by atoms with van der Waals surface area (Å²) < 4.78 is 18.4. The van der Waals surface area contributed by atoms with E-state index in [0.29, 0.717) is 25.3 Å². The molecule has 1 aliphatic heterocycles. The third-order valence-electron chi connectivity index (χ3n) is 3.36. The number of phenolic OH excluding ortho intramolecular Hbond substituents is 1. The van der Waals surface area contributed by atoms with Gasteiger partial charge in [-0.05, 0) is 30.5 Å². The number of hydrogen-bond acceptors (Lipinski definition) is 4. The minimum Gasteiger partial charge on any atom is -0.508 e. The fourth-order valence-corrected chi connectivity index (χ4v) is 2.18. The molecule has 0 atom stereocenters. The number of benzene rings is 1. The first-order valence-corrected chi connectivity index (χ1v) is 6.06. The molecule has 0 radical (unpaired) electrons. The average Bonchev–Trinajstić information content (AvgIpc) is 2.36. The van der Waals surface area contributed by atoms with E-state index in [0.717, 1.165) is 18.9 Å². The van der Waals surface area contributed by atoms with Gasteiger partial charge in [0, 0.05) is 31.4 Å². The van der Waals surface area contributed by atoms with Crippen LogP contribution in [0.5, 0.6) is 5.75 Å². The number of halogens is 1. The van der Waals surface area contributed by atoms with Crippen molar-refractivity contribution in [3.63, 3.8) is 0 Å². The SMILES string of the molecule is OCC1(NCc2cc(O)cc(F)c2)CCOCC1. The van der Waals surface area contributed by atoms with Crippen LogP contribution in [0, 0.1) is 5.82 Å². The molecule has 2 rings (SSSR count). The van der Waals surface area contributed by atoms with Crippen LogP contribution in [-0.4, -0.2) is 35.6 Å². The van der Waals surface area contributed by atoms with Gasteiger partial charge in [-0.25, -0.2) is 4.39 Å². The summed E-state index contributed by atoms with van der Waals surface area (Å²) in [4.78, 5) is 0. The van der Waals surface area contributed by atoms with Gasteiger partial charge in [-0.3, -0.25) is 0 Å². The average molecular weight is 255 g/mol. The summed E-state index contributed by atoms with van der Waals surface area (Å²) in [7, 11) is 0. The fourth-order valence-electron chi connectivity index (χ4n) is 2.18. The van der Waals surface area contributed by atoms with E-state index in [2.05, 4.69) is 5.32 Å². The second kappa shape index (κ2) is 5.65. The predicted molar refractivity (Wildman–Crippen MR) is 64.8 cm³/mol. The molecular weight excluding hydrogens is 237 g/mol. The molecule has 0 aliphatic carbocycles. The Hall–Kier alpha value is -1.17. The standard InChI is InChI=1S/C13H18FNO3/c14-11-5-10(6-12(17)7-11)8-15-13(9-16)1-3-18-4-2-13/h5-7,15-17H,1-4,8-9H2. The Kier molecular flexibility index (Phi) is 4.16. The Bertz CT molecular complexity index is 385. The van der Waals surface area contributed by atoms with E-state index in [4.69, 9.17) is 4.74 Å². The molecule has 0 spiro atoms. The molecule has 1 heterocycles. The van der Waals surface area contributed by atoms with Crippen molar-refractivity contribution >= 4 is 0 Å². The number of aliphatic hydroxyl groups is 1. The van der Waals surface area contributed by atoms with Crippen LogP contribution in [0.15, 0.2) is 18.2 Å². The molecule has 0 saturated carbocycles. The van der Waals surface area contributed by atoms with E-state index >= 15 is 0 Å². The summed E-state index contributed by atoms with van der Waals surface area (Å²) in [5, 5.41) is 22.1. The second-order valence-electron chi connectivity index (χ2n) is 4.72. The van der Waals surface area contributed by atoms with Crippen LogP contribution >= 0.6 is 0 Å². The van der Waals surface area contributed by atoms with E-state index in [9.17, 15) is 14.6 Å². The maximum atomic E-state index is 13.1. The Morgan fingerprint density at radius 1 is 1.28 bits per heavy atom. The molecule has 0 unspecified atom stereocenters. The monoisotopic (exact) mass is 255 g/mol. The lowest BCUT2D eigenvalue weighted by atomic mass is 9.90. The van der Waals surface area contributed by atoms with Crippen molar-refractivity contribution in [2.45, 2.75) is 24.9 Å². The van der Waals surface area contributed by atoms with E-state index in [1.54, 1.807) is 0 Å². The van der Waals surface area contributed by atoms with Gasteiger partial charge in [0.05, 0.1) is 6.61 Å².